The second kappa shape index (κ2) is 53.4. The Morgan fingerprint density at radius 3 is 1.18 bits per heavy atom. The minimum absolute atomic E-state index is 0.0472. The monoisotopic (exact) mass is 1030 g/mol. The molecule has 2 N–H and O–H groups in total. The smallest absolute Gasteiger partial charge is 0.462 e. The average molecular weight is 1030 g/mol. The maximum Gasteiger partial charge on any atom is 0.472 e. The Balaban J connectivity index is 4.89. The molecule has 0 aliphatic heterocycles. The lowest BCUT2D eigenvalue weighted by Gasteiger charge is -2.21. The zero-order valence-corrected chi connectivity index (χ0v) is 46.0. The average Bonchev–Trinajstić information content (AvgIpc) is 3.37. The van der Waals surface area contributed by atoms with Gasteiger partial charge in [-0.15, -0.1) is 0 Å². The van der Waals surface area contributed by atoms with E-state index in [2.05, 4.69) is 99.8 Å². The van der Waals surface area contributed by atoms with Crippen LogP contribution < -0.4 is 0 Å². The first-order chi connectivity index (χ1) is 35.2. The molecular weight excluding hydrogens is 928 g/mol. The van der Waals surface area contributed by atoms with Crippen molar-refractivity contribution in [2.24, 2.45) is 0 Å². The van der Waals surface area contributed by atoms with Gasteiger partial charge in [-0.2, -0.15) is 0 Å². The number of ether oxygens (including phenoxy) is 3. The van der Waals surface area contributed by atoms with E-state index in [4.69, 9.17) is 23.3 Å². The van der Waals surface area contributed by atoms with Crippen LogP contribution in [0.4, 0.5) is 0 Å². The number of aliphatic hydroxyl groups is 1. The zero-order valence-electron chi connectivity index (χ0n) is 45.1. The minimum Gasteiger partial charge on any atom is -0.462 e. The van der Waals surface area contributed by atoms with Crippen LogP contribution in [0.3, 0.4) is 0 Å². The van der Waals surface area contributed by atoms with Crippen molar-refractivity contribution >= 4 is 25.7 Å². The third-order valence-corrected chi connectivity index (χ3v) is 12.2. The highest BCUT2D eigenvalue weighted by Gasteiger charge is 2.28. The van der Waals surface area contributed by atoms with Gasteiger partial charge in [0.1, 0.15) is 12.7 Å². The molecule has 3 unspecified atom stereocenters. The Morgan fingerprint density at radius 1 is 0.403 bits per heavy atom. The number of carbonyl (C=O) groups excluding carboxylic acids is 3. The van der Waals surface area contributed by atoms with Crippen molar-refractivity contribution in [1.29, 1.82) is 0 Å². The van der Waals surface area contributed by atoms with Gasteiger partial charge in [-0.3, -0.25) is 23.4 Å². The molecule has 0 aromatic carbocycles. The predicted molar refractivity (Wildman–Crippen MR) is 297 cm³/mol. The molecule has 0 aromatic rings. The molecule has 0 saturated carbocycles. The highest BCUT2D eigenvalue weighted by Crippen LogP contribution is 2.43. The fourth-order valence-electron chi connectivity index (χ4n) is 7.05. The molecule has 0 heterocycles. The van der Waals surface area contributed by atoms with Crippen LogP contribution >= 0.6 is 7.82 Å². The number of unbranched alkanes of at least 4 members (excludes halogenated alkanes) is 15. The molecule has 3 atom stereocenters. The molecule has 0 amide bonds. The van der Waals surface area contributed by atoms with E-state index < -0.39 is 57.8 Å². The molecule has 0 aliphatic rings. The second-order valence-electron chi connectivity index (χ2n) is 18.0. The Hall–Kier alpha value is -3.86. The maximum absolute atomic E-state index is 12.9. The van der Waals surface area contributed by atoms with Crippen LogP contribution in [-0.4, -0.2) is 66.5 Å². The maximum atomic E-state index is 12.9. The topological polar surface area (TPSA) is 155 Å². The number of phosphoric ester groups is 1. The van der Waals surface area contributed by atoms with Crippen molar-refractivity contribution in [2.45, 2.75) is 226 Å². The predicted octanol–water partition coefficient (Wildman–Crippen LogP) is 16.2. The van der Waals surface area contributed by atoms with Gasteiger partial charge < -0.3 is 24.2 Å². The van der Waals surface area contributed by atoms with Crippen LogP contribution in [0.1, 0.15) is 213 Å². The molecule has 410 valence electrons. The number of aliphatic hydroxyl groups excluding tert-OH is 1. The van der Waals surface area contributed by atoms with Crippen molar-refractivity contribution in [3.8, 4) is 0 Å². The summed E-state index contributed by atoms with van der Waals surface area (Å²) in [5.74, 6) is -1.63. The van der Waals surface area contributed by atoms with E-state index in [0.29, 0.717) is 25.7 Å². The van der Waals surface area contributed by atoms with Crippen LogP contribution in [0.15, 0.2) is 109 Å². The normalized spacial score (nSPS) is 14.2. The molecule has 0 radical (unpaired) electrons. The van der Waals surface area contributed by atoms with Crippen LogP contribution in [0.5, 0.6) is 0 Å². The van der Waals surface area contributed by atoms with Gasteiger partial charge in [-0.1, -0.05) is 220 Å². The third kappa shape index (κ3) is 51.1. The van der Waals surface area contributed by atoms with E-state index in [1.807, 2.05) is 30.4 Å². The molecule has 0 saturated heterocycles. The minimum atomic E-state index is -4.78. The summed E-state index contributed by atoms with van der Waals surface area (Å²) in [7, 11) is -4.78. The van der Waals surface area contributed by atoms with Gasteiger partial charge in [0, 0.05) is 19.3 Å². The van der Waals surface area contributed by atoms with E-state index in [1.165, 1.54) is 70.6 Å². The van der Waals surface area contributed by atoms with Crippen LogP contribution in [0, 0.1) is 0 Å². The lowest BCUT2D eigenvalue weighted by atomic mass is 10.0. The van der Waals surface area contributed by atoms with E-state index >= 15 is 0 Å². The number of hydrogen-bond donors (Lipinski definition) is 2. The largest absolute Gasteiger partial charge is 0.472 e. The number of carbonyl (C=O) groups is 3. The number of phosphoric acid groups is 1. The number of esters is 3. The number of hydrogen-bond acceptors (Lipinski definition) is 10. The fraction of sp³-hybridized carbons (Fsp3) is 0.650. The zero-order chi connectivity index (χ0) is 52.7. The Morgan fingerprint density at radius 2 is 0.750 bits per heavy atom. The highest BCUT2D eigenvalue weighted by atomic mass is 31.2. The molecule has 0 rings (SSSR count). The number of allylic oxidation sites excluding steroid dienone is 18. The lowest BCUT2D eigenvalue weighted by molar-refractivity contribution is -0.161. The van der Waals surface area contributed by atoms with E-state index in [-0.39, 0.29) is 25.9 Å². The molecule has 0 aromatic heterocycles. The van der Waals surface area contributed by atoms with Crippen molar-refractivity contribution < 1.29 is 52.2 Å². The SMILES string of the molecule is CC/C=C\C/C=C\C/C=C\C/C=C\C/C=C\CCCC(=O)OC(COC(=O)CCCCCCCCCCCCCCCCC)COP(=O)(O)OCC(CO)OC(=O)CC/C=C\C/C=C\C/C=C\C/C=C\CC. The van der Waals surface area contributed by atoms with Gasteiger partial charge in [-0.25, -0.2) is 4.57 Å². The van der Waals surface area contributed by atoms with Crippen LogP contribution in [0.2, 0.25) is 0 Å². The Kier molecular flexibility index (Phi) is 50.6. The van der Waals surface area contributed by atoms with Gasteiger partial charge in [-0.05, 0) is 83.5 Å². The van der Waals surface area contributed by atoms with Crippen molar-refractivity contribution in [3.63, 3.8) is 0 Å². The summed E-state index contributed by atoms with van der Waals surface area (Å²) in [6, 6.07) is 0. The first kappa shape index (κ1) is 68.1. The molecule has 0 fully saturated rings. The van der Waals surface area contributed by atoms with E-state index in [0.717, 1.165) is 77.0 Å². The first-order valence-electron chi connectivity index (χ1n) is 27.8. The van der Waals surface area contributed by atoms with Gasteiger partial charge >= 0.3 is 25.7 Å². The van der Waals surface area contributed by atoms with Crippen LogP contribution in [0.25, 0.3) is 0 Å². The Labute approximate surface area is 437 Å². The highest BCUT2D eigenvalue weighted by molar-refractivity contribution is 7.47. The molecule has 72 heavy (non-hydrogen) atoms. The lowest BCUT2D eigenvalue weighted by Crippen LogP contribution is -2.30. The van der Waals surface area contributed by atoms with E-state index in [1.54, 1.807) is 0 Å². The molecular formula is C60H99O11P. The summed E-state index contributed by atoms with van der Waals surface area (Å²) >= 11 is 0. The second-order valence-corrected chi connectivity index (χ2v) is 19.4. The van der Waals surface area contributed by atoms with Crippen molar-refractivity contribution in [1.82, 2.24) is 0 Å². The quantitative estimate of drug-likeness (QED) is 0.0197. The summed E-state index contributed by atoms with van der Waals surface area (Å²) in [6.45, 7) is 4.26. The summed E-state index contributed by atoms with van der Waals surface area (Å²) < 4.78 is 39.3. The van der Waals surface area contributed by atoms with Gasteiger partial charge in [0.25, 0.3) is 0 Å². The van der Waals surface area contributed by atoms with Gasteiger partial charge in [0.15, 0.2) is 6.10 Å². The van der Waals surface area contributed by atoms with E-state index in [9.17, 15) is 28.9 Å². The van der Waals surface area contributed by atoms with Gasteiger partial charge in [0.05, 0.1) is 19.8 Å². The molecule has 0 spiro atoms. The summed E-state index contributed by atoms with van der Waals surface area (Å²) in [5.41, 5.74) is 0. The standard InChI is InChI=1S/C60H99O11P/c1-4-7-10-13-16-19-22-25-27-28-30-33-36-39-42-45-48-51-60(64)71-57(53-67-58(62)49-46-43-40-37-34-32-29-26-23-20-17-14-11-8-5-2)55-69-72(65,66)68-54-56(52-61)70-59(63)50-47-44-41-38-35-31-24-21-18-15-12-9-6-3/h7,9-10,12,16,18-19,21,25,27,30-31,33,35,39,41-42,44,56-57,61H,4-6,8,11,13-15,17,20,22-24,26,28-29,32,34,36-38,40,43,45-55H2,1-3H3,(H,65,66)/b10-7-,12-9-,19-16-,21-18-,27-25-,33-30-,35-31-,42-39-,44-41-. The molecule has 11 nitrogen and oxygen atoms in total. The molecule has 12 heteroatoms. The first-order valence-corrected chi connectivity index (χ1v) is 29.3. The number of rotatable bonds is 50. The van der Waals surface area contributed by atoms with Crippen molar-refractivity contribution in [2.75, 3.05) is 26.4 Å². The summed E-state index contributed by atoms with van der Waals surface area (Å²) in [5, 5.41) is 9.78. The van der Waals surface area contributed by atoms with Crippen LogP contribution in [-0.2, 0) is 42.2 Å². The fourth-order valence-corrected chi connectivity index (χ4v) is 7.84. The van der Waals surface area contributed by atoms with Crippen molar-refractivity contribution in [3.05, 3.63) is 109 Å². The third-order valence-electron chi connectivity index (χ3n) is 11.2. The molecule has 0 aliphatic carbocycles. The molecule has 0 bridgehead atoms. The van der Waals surface area contributed by atoms with Gasteiger partial charge in [0.2, 0.25) is 0 Å². The summed E-state index contributed by atoms with van der Waals surface area (Å²) in [6.07, 6.45) is 63.6. The Bertz CT molecular complexity index is 1620. The summed E-state index contributed by atoms with van der Waals surface area (Å²) in [4.78, 5) is 48.4.